The molecule has 0 bridgehead atoms. The minimum absolute atomic E-state index is 0.295. The second kappa shape index (κ2) is 7.38. The number of pyridine rings is 1. The van der Waals surface area contributed by atoms with E-state index in [-0.39, 0.29) is 0 Å². The molecule has 0 aliphatic heterocycles. The monoisotopic (exact) mass is 302 g/mol. The van der Waals surface area contributed by atoms with Crippen molar-refractivity contribution in [3.63, 3.8) is 0 Å². The van der Waals surface area contributed by atoms with Gasteiger partial charge in [0.15, 0.2) is 0 Å². The Morgan fingerprint density at radius 2 is 1.95 bits per heavy atom. The van der Waals surface area contributed by atoms with Crippen molar-refractivity contribution >= 4 is 16.7 Å². The minimum atomic E-state index is 0.295. The van der Waals surface area contributed by atoms with Crippen LogP contribution < -0.4 is 10.1 Å². The number of nitrogens with zero attached hydrogens (tertiary/aromatic N) is 3. The van der Waals surface area contributed by atoms with Gasteiger partial charge in [0, 0.05) is 12.7 Å². The summed E-state index contributed by atoms with van der Waals surface area (Å²) in [5.41, 5.74) is 1.91. The SMILES string of the molecule is CC.CCc1cc2nc(C)nc(NC)c2c(OC2CCC2)n1. The van der Waals surface area contributed by atoms with Crippen LogP contribution in [0, 0.1) is 6.92 Å². The quantitative estimate of drug-likeness (QED) is 0.928. The number of rotatable bonds is 4. The summed E-state index contributed by atoms with van der Waals surface area (Å²) in [4.78, 5) is 13.6. The predicted octanol–water partition coefficient (Wildman–Crippen LogP) is 3.89. The van der Waals surface area contributed by atoms with Gasteiger partial charge < -0.3 is 10.1 Å². The average molecular weight is 302 g/mol. The van der Waals surface area contributed by atoms with Gasteiger partial charge in [-0.2, -0.15) is 0 Å². The standard InChI is InChI=1S/C15H20N4O.C2H6/c1-4-10-8-12-13(14(16-3)18-9(2)17-12)15(19-10)20-11-6-5-7-11;1-2/h8,11H,4-7H2,1-3H3,(H,16,17,18);1-2H3. The van der Waals surface area contributed by atoms with Crippen molar-refractivity contribution in [1.82, 2.24) is 15.0 Å². The zero-order valence-corrected chi connectivity index (χ0v) is 14.2. The first kappa shape index (κ1) is 16.5. The van der Waals surface area contributed by atoms with Gasteiger partial charge in [0.25, 0.3) is 0 Å². The minimum Gasteiger partial charge on any atom is -0.474 e. The van der Waals surface area contributed by atoms with Crippen LogP contribution in [-0.2, 0) is 6.42 Å². The first-order chi connectivity index (χ1) is 10.7. The highest BCUT2D eigenvalue weighted by atomic mass is 16.5. The lowest BCUT2D eigenvalue weighted by Crippen LogP contribution is -2.25. The van der Waals surface area contributed by atoms with Crippen LogP contribution in [0.2, 0.25) is 0 Å². The number of anilines is 1. The van der Waals surface area contributed by atoms with Crippen LogP contribution in [0.5, 0.6) is 5.88 Å². The summed E-state index contributed by atoms with van der Waals surface area (Å²) in [6.07, 6.45) is 4.63. The smallest absolute Gasteiger partial charge is 0.227 e. The van der Waals surface area contributed by atoms with Crippen LogP contribution in [0.1, 0.15) is 51.6 Å². The van der Waals surface area contributed by atoms with E-state index >= 15 is 0 Å². The van der Waals surface area contributed by atoms with E-state index in [9.17, 15) is 0 Å². The van der Waals surface area contributed by atoms with Crippen LogP contribution in [-0.4, -0.2) is 28.1 Å². The van der Waals surface area contributed by atoms with Crippen LogP contribution in [0.25, 0.3) is 10.9 Å². The molecule has 1 fully saturated rings. The van der Waals surface area contributed by atoms with Crippen LogP contribution in [0.3, 0.4) is 0 Å². The van der Waals surface area contributed by atoms with E-state index in [1.165, 1.54) is 6.42 Å². The fourth-order valence-corrected chi connectivity index (χ4v) is 2.38. The number of hydrogen-bond acceptors (Lipinski definition) is 5. The van der Waals surface area contributed by atoms with Gasteiger partial charge >= 0.3 is 0 Å². The number of hydrogen-bond donors (Lipinski definition) is 1. The predicted molar refractivity (Wildman–Crippen MR) is 90.6 cm³/mol. The Morgan fingerprint density at radius 3 is 2.50 bits per heavy atom. The zero-order chi connectivity index (χ0) is 16.1. The van der Waals surface area contributed by atoms with Crippen molar-refractivity contribution in [2.45, 2.75) is 59.5 Å². The topological polar surface area (TPSA) is 59.9 Å². The van der Waals surface area contributed by atoms with Gasteiger partial charge in [-0.25, -0.2) is 15.0 Å². The molecule has 2 heterocycles. The van der Waals surface area contributed by atoms with Crippen molar-refractivity contribution in [2.24, 2.45) is 0 Å². The molecule has 3 rings (SSSR count). The van der Waals surface area contributed by atoms with Crippen molar-refractivity contribution < 1.29 is 4.74 Å². The number of aromatic nitrogens is 3. The molecular weight excluding hydrogens is 276 g/mol. The van der Waals surface area contributed by atoms with Crippen molar-refractivity contribution in [3.8, 4) is 5.88 Å². The maximum atomic E-state index is 6.06. The van der Waals surface area contributed by atoms with Gasteiger partial charge in [0.1, 0.15) is 23.1 Å². The summed E-state index contributed by atoms with van der Waals surface area (Å²) in [6, 6.07) is 2.03. The van der Waals surface area contributed by atoms with E-state index in [1.54, 1.807) is 0 Å². The van der Waals surface area contributed by atoms with Crippen molar-refractivity contribution in [1.29, 1.82) is 0 Å². The average Bonchev–Trinajstić information content (AvgIpc) is 2.51. The molecule has 2 aromatic rings. The highest BCUT2D eigenvalue weighted by Gasteiger charge is 2.22. The Hall–Kier alpha value is -1.91. The van der Waals surface area contributed by atoms with Crippen LogP contribution in [0.15, 0.2) is 6.07 Å². The Bertz CT molecular complexity index is 638. The summed E-state index contributed by atoms with van der Waals surface area (Å²) < 4.78 is 6.06. The molecule has 1 N–H and O–H groups in total. The first-order valence-corrected chi connectivity index (χ1v) is 8.24. The van der Waals surface area contributed by atoms with E-state index in [0.29, 0.717) is 12.0 Å². The Morgan fingerprint density at radius 1 is 1.23 bits per heavy atom. The molecule has 120 valence electrons. The molecule has 1 aliphatic rings. The lowest BCUT2D eigenvalue weighted by Gasteiger charge is -2.26. The van der Waals surface area contributed by atoms with E-state index in [0.717, 1.165) is 47.5 Å². The van der Waals surface area contributed by atoms with Crippen LogP contribution >= 0.6 is 0 Å². The third kappa shape index (κ3) is 3.29. The van der Waals surface area contributed by atoms with Gasteiger partial charge in [-0.3, -0.25) is 0 Å². The molecule has 0 unspecified atom stereocenters. The molecule has 0 amide bonds. The van der Waals surface area contributed by atoms with Gasteiger partial charge in [-0.15, -0.1) is 0 Å². The third-order valence-electron chi connectivity index (χ3n) is 3.74. The van der Waals surface area contributed by atoms with E-state index in [2.05, 4.69) is 27.2 Å². The largest absolute Gasteiger partial charge is 0.474 e. The number of fused-ring (bicyclic) bond motifs is 1. The molecule has 1 aliphatic carbocycles. The molecule has 1 saturated carbocycles. The Balaban J connectivity index is 0.000000847. The number of ether oxygens (including phenoxy) is 1. The molecule has 5 nitrogen and oxygen atoms in total. The fraction of sp³-hybridized carbons (Fsp3) is 0.588. The maximum absolute atomic E-state index is 6.06. The van der Waals surface area contributed by atoms with Crippen molar-refractivity contribution in [3.05, 3.63) is 17.6 Å². The fourth-order valence-electron chi connectivity index (χ4n) is 2.38. The maximum Gasteiger partial charge on any atom is 0.227 e. The van der Waals surface area contributed by atoms with E-state index < -0.39 is 0 Å². The summed E-state index contributed by atoms with van der Waals surface area (Å²) >= 11 is 0. The molecule has 0 spiro atoms. The molecule has 22 heavy (non-hydrogen) atoms. The molecular formula is C17H26N4O. The summed E-state index contributed by atoms with van der Waals surface area (Å²) in [7, 11) is 1.86. The first-order valence-electron chi connectivity index (χ1n) is 8.24. The molecule has 5 heteroatoms. The van der Waals surface area contributed by atoms with E-state index in [1.807, 2.05) is 33.9 Å². The van der Waals surface area contributed by atoms with Crippen LogP contribution in [0.4, 0.5) is 5.82 Å². The second-order valence-corrected chi connectivity index (χ2v) is 5.21. The number of nitrogens with one attached hydrogen (secondary N) is 1. The van der Waals surface area contributed by atoms with E-state index in [4.69, 9.17) is 4.74 Å². The van der Waals surface area contributed by atoms with Gasteiger partial charge in [-0.1, -0.05) is 20.8 Å². The molecule has 2 aromatic heterocycles. The Kier molecular flexibility index (Phi) is 5.52. The second-order valence-electron chi connectivity index (χ2n) is 5.21. The summed E-state index contributed by atoms with van der Waals surface area (Å²) in [6.45, 7) is 7.99. The summed E-state index contributed by atoms with van der Waals surface area (Å²) in [5, 5.41) is 4.02. The van der Waals surface area contributed by atoms with Gasteiger partial charge in [0.2, 0.25) is 5.88 Å². The summed E-state index contributed by atoms with van der Waals surface area (Å²) in [5.74, 6) is 2.22. The zero-order valence-electron chi connectivity index (χ0n) is 14.2. The molecule has 0 aromatic carbocycles. The lowest BCUT2D eigenvalue weighted by molar-refractivity contribution is 0.116. The lowest BCUT2D eigenvalue weighted by atomic mass is 9.96. The molecule has 0 atom stereocenters. The highest BCUT2D eigenvalue weighted by molar-refractivity contribution is 5.93. The molecule has 0 radical (unpaired) electrons. The van der Waals surface area contributed by atoms with Crippen molar-refractivity contribution in [2.75, 3.05) is 12.4 Å². The third-order valence-corrected chi connectivity index (χ3v) is 3.74. The Labute approximate surface area is 132 Å². The van der Waals surface area contributed by atoms with Gasteiger partial charge in [-0.05, 0) is 38.7 Å². The van der Waals surface area contributed by atoms with Gasteiger partial charge in [0.05, 0.1) is 5.52 Å². The normalized spacial score (nSPS) is 14.0. The molecule has 0 saturated heterocycles. The highest BCUT2D eigenvalue weighted by Crippen LogP contribution is 2.33. The number of aryl methyl sites for hydroxylation is 2.